The van der Waals surface area contributed by atoms with Gasteiger partial charge in [-0.3, -0.25) is 10.1 Å². The first-order chi connectivity index (χ1) is 10.1. The quantitative estimate of drug-likeness (QED) is 0.828. The number of aromatic amines is 1. The molecule has 2 aromatic rings. The van der Waals surface area contributed by atoms with Crippen LogP contribution in [-0.4, -0.2) is 41.9 Å². The zero-order chi connectivity index (χ0) is 15.2. The molecule has 1 aromatic heterocycles. The van der Waals surface area contributed by atoms with Gasteiger partial charge < -0.3 is 14.2 Å². The number of H-pyrrole nitrogens is 1. The largest absolute Gasteiger partial charge is 0.493 e. The van der Waals surface area contributed by atoms with Crippen LogP contribution in [0.5, 0.6) is 17.5 Å². The molecule has 0 bridgehead atoms. The molecule has 0 spiro atoms. The number of aromatic nitrogens is 3. The highest BCUT2D eigenvalue weighted by molar-refractivity contribution is 5.90. The summed E-state index contributed by atoms with van der Waals surface area (Å²) in [5.74, 6) is 0.880. The topological polar surface area (TPSA) is 98.4 Å². The summed E-state index contributed by atoms with van der Waals surface area (Å²) in [5, 5.41) is 8.73. The summed E-state index contributed by atoms with van der Waals surface area (Å²) < 4.78 is 15.4. The highest BCUT2D eigenvalue weighted by atomic mass is 16.5. The van der Waals surface area contributed by atoms with Crippen molar-refractivity contribution in [2.75, 3.05) is 26.1 Å². The number of hydrogen-bond donors (Lipinski definition) is 2. The van der Waals surface area contributed by atoms with Gasteiger partial charge in [-0.2, -0.15) is 4.98 Å². The van der Waals surface area contributed by atoms with E-state index in [0.29, 0.717) is 11.5 Å². The van der Waals surface area contributed by atoms with Crippen LogP contribution >= 0.6 is 0 Å². The molecule has 8 heteroatoms. The third-order valence-corrected chi connectivity index (χ3v) is 2.58. The van der Waals surface area contributed by atoms with Gasteiger partial charge in [0.1, 0.15) is 0 Å². The first-order valence-electron chi connectivity index (χ1n) is 6.16. The van der Waals surface area contributed by atoms with Crippen LogP contribution in [0.4, 0.5) is 5.95 Å². The van der Waals surface area contributed by atoms with Crippen LogP contribution in [0.15, 0.2) is 18.2 Å². The number of carbonyl (C=O) groups is 1. The predicted molar refractivity (Wildman–Crippen MR) is 74.8 cm³/mol. The van der Waals surface area contributed by atoms with Gasteiger partial charge in [0.15, 0.2) is 18.1 Å². The fraction of sp³-hybridized carbons (Fsp3) is 0.308. The van der Waals surface area contributed by atoms with Crippen LogP contribution in [0.1, 0.15) is 5.56 Å². The van der Waals surface area contributed by atoms with E-state index in [0.717, 1.165) is 5.56 Å². The summed E-state index contributed by atoms with van der Waals surface area (Å²) in [5.41, 5.74) is 1.04. The molecule has 2 rings (SSSR count). The SMILES string of the molecule is COc1n[nH]c(NC(=O)COc2ccc(C)cc2OC)n1. The lowest BCUT2D eigenvalue weighted by Gasteiger charge is -2.10. The molecule has 0 atom stereocenters. The van der Waals surface area contributed by atoms with Gasteiger partial charge in [-0.05, 0) is 24.6 Å². The normalized spacial score (nSPS) is 10.0. The zero-order valence-corrected chi connectivity index (χ0v) is 12.0. The van der Waals surface area contributed by atoms with Crippen molar-refractivity contribution in [1.29, 1.82) is 0 Å². The molecule has 0 fully saturated rings. The summed E-state index contributed by atoms with van der Waals surface area (Å²) in [7, 11) is 2.98. The van der Waals surface area contributed by atoms with E-state index in [1.165, 1.54) is 7.11 Å². The molecule has 0 aliphatic carbocycles. The number of benzene rings is 1. The van der Waals surface area contributed by atoms with Crippen molar-refractivity contribution < 1.29 is 19.0 Å². The number of hydrogen-bond acceptors (Lipinski definition) is 6. The molecular formula is C13H16N4O4. The molecule has 0 radical (unpaired) electrons. The molecule has 2 N–H and O–H groups in total. The highest BCUT2D eigenvalue weighted by Crippen LogP contribution is 2.27. The monoisotopic (exact) mass is 292 g/mol. The van der Waals surface area contributed by atoms with Crippen LogP contribution < -0.4 is 19.5 Å². The number of anilines is 1. The molecule has 1 heterocycles. The molecule has 0 unspecified atom stereocenters. The Morgan fingerprint density at radius 1 is 1.29 bits per heavy atom. The lowest BCUT2D eigenvalue weighted by atomic mass is 10.2. The van der Waals surface area contributed by atoms with Gasteiger partial charge >= 0.3 is 6.01 Å². The number of carbonyl (C=O) groups excluding carboxylic acids is 1. The number of amides is 1. The van der Waals surface area contributed by atoms with Crippen molar-refractivity contribution in [3.05, 3.63) is 23.8 Å². The van der Waals surface area contributed by atoms with E-state index in [1.807, 2.05) is 19.1 Å². The van der Waals surface area contributed by atoms with E-state index in [4.69, 9.17) is 14.2 Å². The summed E-state index contributed by atoms with van der Waals surface area (Å²) in [6, 6.07) is 5.59. The second kappa shape index (κ2) is 6.60. The Labute approximate surface area is 121 Å². The number of aryl methyl sites for hydroxylation is 1. The maximum absolute atomic E-state index is 11.7. The summed E-state index contributed by atoms with van der Waals surface area (Å²) in [6.07, 6.45) is 0. The minimum absolute atomic E-state index is 0.145. The Morgan fingerprint density at radius 2 is 2.10 bits per heavy atom. The Balaban J connectivity index is 1.92. The van der Waals surface area contributed by atoms with Gasteiger partial charge in [0.05, 0.1) is 14.2 Å². The molecule has 21 heavy (non-hydrogen) atoms. The summed E-state index contributed by atoms with van der Waals surface area (Å²) in [4.78, 5) is 15.6. The van der Waals surface area contributed by atoms with E-state index in [2.05, 4.69) is 20.5 Å². The molecule has 1 amide bonds. The van der Waals surface area contributed by atoms with Crippen LogP contribution in [0.2, 0.25) is 0 Å². The first-order valence-corrected chi connectivity index (χ1v) is 6.16. The van der Waals surface area contributed by atoms with Crippen molar-refractivity contribution >= 4 is 11.9 Å². The van der Waals surface area contributed by atoms with Crippen molar-refractivity contribution in [3.63, 3.8) is 0 Å². The molecule has 0 saturated carbocycles. The number of ether oxygens (including phenoxy) is 3. The van der Waals surface area contributed by atoms with Gasteiger partial charge in [0, 0.05) is 0 Å². The molecular weight excluding hydrogens is 276 g/mol. The van der Waals surface area contributed by atoms with E-state index in [9.17, 15) is 4.79 Å². The minimum atomic E-state index is -0.378. The van der Waals surface area contributed by atoms with E-state index in [-0.39, 0.29) is 24.5 Å². The molecule has 0 saturated heterocycles. The third kappa shape index (κ3) is 3.85. The molecule has 112 valence electrons. The van der Waals surface area contributed by atoms with E-state index >= 15 is 0 Å². The van der Waals surface area contributed by atoms with E-state index < -0.39 is 0 Å². The zero-order valence-electron chi connectivity index (χ0n) is 12.0. The van der Waals surface area contributed by atoms with Crippen molar-refractivity contribution in [2.45, 2.75) is 6.92 Å². The van der Waals surface area contributed by atoms with Gasteiger partial charge in [-0.25, -0.2) is 5.10 Å². The van der Waals surface area contributed by atoms with Crippen molar-refractivity contribution in [1.82, 2.24) is 15.2 Å². The van der Waals surface area contributed by atoms with Gasteiger partial charge in [-0.15, -0.1) is 5.10 Å². The van der Waals surface area contributed by atoms with Crippen molar-refractivity contribution in [3.8, 4) is 17.5 Å². The fourth-order valence-electron chi connectivity index (χ4n) is 1.60. The average Bonchev–Trinajstić information content (AvgIpc) is 2.93. The standard InChI is InChI=1S/C13H16N4O4/c1-8-4-5-9(10(6-8)19-2)21-7-11(18)14-12-15-13(20-3)17-16-12/h4-6H,7H2,1-3H3,(H2,14,15,16,17,18). The van der Waals surface area contributed by atoms with Crippen LogP contribution in [0.3, 0.4) is 0 Å². The average molecular weight is 292 g/mol. The maximum Gasteiger partial charge on any atom is 0.336 e. The third-order valence-electron chi connectivity index (χ3n) is 2.58. The molecule has 0 aliphatic heterocycles. The highest BCUT2D eigenvalue weighted by Gasteiger charge is 2.10. The summed E-state index contributed by atoms with van der Waals surface area (Å²) in [6.45, 7) is 1.76. The lowest BCUT2D eigenvalue weighted by molar-refractivity contribution is -0.118. The van der Waals surface area contributed by atoms with Crippen LogP contribution in [0.25, 0.3) is 0 Å². The fourth-order valence-corrected chi connectivity index (χ4v) is 1.60. The molecule has 8 nitrogen and oxygen atoms in total. The van der Waals surface area contributed by atoms with Gasteiger partial charge in [0.25, 0.3) is 5.91 Å². The second-order valence-electron chi connectivity index (χ2n) is 4.16. The number of rotatable bonds is 6. The van der Waals surface area contributed by atoms with E-state index in [1.54, 1.807) is 13.2 Å². The van der Waals surface area contributed by atoms with Crippen LogP contribution in [0, 0.1) is 6.92 Å². The van der Waals surface area contributed by atoms with Gasteiger partial charge in [-0.1, -0.05) is 6.07 Å². The Bertz CT molecular complexity index is 626. The molecule has 0 aliphatic rings. The predicted octanol–water partition coefficient (Wildman–Crippen LogP) is 1.15. The molecule has 1 aromatic carbocycles. The van der Waals surface area contributed by atoms with Gasteiger partial charge in [0.2, 0.25) is 5.95 Å². The maximum atomic E-state index is 11.7. The van der Waals surface area contributed by atoms with Crippen LogP contribution in [-0.2, 0) is 4.79 Å². The smallest absolute Gasteiger partial charge is 0.336 e. The Morgan fingerprint density at radius 3 is 2.76 bits per heavy atom. The summed E-state index contributed by atoms with van der Waals surface area (Å²) >= 11 is 0. The number of methoxy groups -OCH3 is 2. The number of nitrogens with zero attached hydrogens (tertiary/aromatic N) is 2. The Kier molecular flexibility index (Phi) is 4.60. The number of nitrogens with one attached hydrogen (secondary N) is 2. The van der Waals surface area contributed by atoms with Crippen molar-refractivity contribution in [2.24, 2.45) is 0 Å². The first kappa shape index (κ1) is 14.6. The minimum Gasteiger partial charge on any atom is -0.493 e. The lowest BCUT2D eigenvalue weighted by Crippen LogP contribution is -2.21. The Hall–Kier alpha value is -2.77. The second-order valence-corrected chi connectivity index (χ2v) is 4.16.